The highest BCUT2D eigenvalue weighted by atomic mass is 16.6. The van der Waals surface area contributed by atoms with Gasteiger partial charge in [-0.3, -0.25) is 14.9 Å². The van der Waals surface area contributed by atoms with E-state index in [1.807, 2.05) is 18.2 Å². The van der Waals surface area contributed by atoms with Gasteiger partial charge < -0.3 is 15.5 Å². The molecular weight excluding hydrogens is 310 g/mol. The lowest BCUT2D eigenvalue weighted by atomic mass is 10.1. The smallest absolute Gasteiger partial charge is 0.292 e. The number of nitro benzene ring substituents is 1. The normalized spacial score (nSPS) is 14.5. The molecule has 1 aromatic heterocycles. The number of nitrogen functional groups attached to an aromatic ring is 1. The number of anilines is 2. The van der Waals surface area contributed by atoms with E-state index in [1.165, 1.54) is 18.2 Å². The number of carbonyl (C=O) groups excluding carboxylic acids is 1. The van der Waals surface area contributed by atoms with Crippen LogP contribution in [0.15, 0.2) is 42.6 Å². The maximum absolute atomic E-state index is 12.6. The van der Waals surface area contributed by atoms with Gasteiger partial charge in [0.15, 0.2) is 0 Å². The molecule has 8 heteroatoms. The SMILES string of the molecule is Nc1ccc(C(=O)N2CCN(c3ccccn3)CC2)cc1[N+](=O)[O-]. The fourth-order valence-corrected chi connectivity index (χ4v) is 2.70. The molecule has 1 saturated heterocycles. The number of hydrogen-bond acceptors (Lipinski definition) is 6. The topological polar surface area (TPSA) is 106 Å². The Morgan fingerprint density at radius 3 is 2.54 bits per heavy atom. The molecule has 2 aromatic rings. The van der Waals surface area contributed by atoms with Gasteiger partial charge in [0.2, 0.25) is 0 Å². The van der Waals surface area contributed by atoms with Gasteiger partial charge >= 0.3 is 0 Å². The summed E-state index contributed by atoms with van der Waals surface area (Å²) in [6.45, 7) is 2.40. The first kappa shape index (κ1) is 15.7. The Balaban J connectivity index is 1.69. The first-order valence-electron chi connectivity index (χ1n) is 7.55. The van der Waals surface area contributed by atoms with Crippen molar-refractivity contribution in [3.05, 3.63) is 58.3 Å². The molecular formula is C16H17N5O3. The molecule has 0 spiro atoms. The molecule has 8 nitrogen and oxygen atoms in total. The van der Waals surface area contributed by atoms with Crippen LogP contribution in [0.1, 0.15) is 10.4 Å². The molecule has 1 aliphatic heterocycles. The van der Waals surface area contributed by atoms with Gasteiger partial charge in [0.25, 0.3) is 11.6 Å². The molecule has 0 aliphatic carbocycles. The highest BCUT2D eigenvalue weighted by Gasteiger charge is 2.24. The summed E-state index contributed by atoms with van der Waals surface area (Å²) in [6, 6.07) is 9.87. The van der Waals surface area contributed by atoms with E-state index in [2.05, 4.69) is 9.88 Å². The molecule has 1 amide bonds. The van der Waals surface area contributed by atoms with Gasteiger partial charge in [-0.05, 0) is 24.3 Å². The minimum atomic E-state index is -0.578. The average molecular weight is 327 g/mol. The minimum absolute atomic E-state index is 0.0523. The van der Waals surface area contributed by atoms with Crippen molar-refractivity contribution in [3.8, 4) is 0 Å². The Kier molecular flexibility index (Phi) is 4.28. The van der Waals surface area contributed by atoms with Crippen LogP contribution in [0.2, 0.25) is 0 Å². The molecule has 0 unspecified atom stereocenters. The molecule has 0 bridgehead atoms. The van der Waals surface area contributed by atoms with Crippen molar-refractivity contribution < 1.29 is 9.72 Å². The number of pyridine rings is 1. The molecule has 124 valence electrons. The van der Waals surface area contributed by atoms with Crippen LogP contribution in [0.4, 0.5) is 17.2 Å². The van der Waals surface area contributed by atoms with E-state index >= 15 is 0 Å². The average Bonchev–Trinajstić information content (AvgIpc) is 2.62. The second kappa shape index (κ2) is 6.53. The molecule has 3 rings (SSSR count). The summed E-state index contributed by atoms with van der Waals surface area (Å²) >= 11 is 0. The maximum Gasteiger partial charge on any atom is 0.292 e. The van der Waals surface area contributed by atoms with Crippen molar-refractivity contribution >= 4 is 23.1 Å². The summed E-state index contributed by atoms with van der Waals surface area (Å²) in [5.74, 6) is 0.659. The number of piperazine rings is 1. The molecule has 0 radical (unpaired) electrons. The van der Waals surface area contributed by atoms with Gasteiger partial charge in [0, 0.05) is 44.0 Å². The van der Waals surface area contributed by atoms with Gasteiger partial charge in [-0.25, -0.2) is 4.98 Å². The molecule has 1 fully saturated rings. The predicted octanol–water partition coefficient (Wildman–Crippen LogP) is 1.53. The van der Waals surface area contributed by atoms with Crippen LogP contribution >= 0.6 is 0 Å². The van der Waals surface area contributed by atoms with Crippen LogP contribution in [-0.4, -0.2) is 46.9 Å². The van der Waals surface area contributed by atoms with Crippen LogP contribution in [0.25, 0.3) is 0 Å². The first-order chi connectivity index (χ1) is 11.6. The molecule has 0 saturated carbocycles. The van der Waals surface area contributed by atoms with E-state index in [0.29, 0.717) is 26.2 Å². The van der Waals surface area contributed by atoms with Crippen LogP contribution in [-0.2, 0) is 0 Å². The van der Waals surface area contributed by atoms with Crippen LogP contribution < -0.4 is 10.6 Å². The van der Waals surface area contributed by atoms with E-state index in [-0.39, 0.29) is 22.8 Å². The number of hydrogen-bond donors (Lipinski definition) is 1. The summed E-state index contributed by atoms with van der Waals surface area (Å²) in [4.78, 5) is 31.0. The number of benzene rings is 1. The Morgan fingerprint density at radius 2 is 1.92 bits per heavy atom. The van der Waals surface area contributed by atoms with Gasteiger partial charge in [-0.1, -0.05) is 6.07 Å². The van der Waals surface area contributed by atoms with Crippen molar-refractivity contribution in [2.75, 3.05) is 36.8 Å². The quantitative estimate of drug-likeness (QED) is 0.521. The molecule has 2 heterocycles. The monoisotopic (exact) mass is 327 g/mol. The highest BCUT2D eigenvalue weighted by molar-refractivity contribution is 5.95. The lowest BCUT2D eigenvalue weighted by molar-refractivity contribution is -0.383. The Bertz CT molecular complexity index is 758. The lowest BCUT2D eigenvalue weighted by Gasteiger charge is -2.35. The van der Waals surface area contributed by atoms with Gasteiger partial charge in [-0.2, -0.15) is 0 Å². The zero-order valence-electron chi connectivity index (χ0n) is 13.0. The zero-order chi connectivity index (χ0) is 17.1. The number of carbonyl (C=O) groups is 1. The zero-order valence-corrected chi connectivity index (χ0v) is 13.0. The van der Waals surface area contributed by atoms with E-state index < -0.39 is 4.92 Å². The number of nitrogens with two attached hydrogens (primary N) is 1. The minimum Gasteiger partial charge on any atom is -0.393 e. The largest absolute Gasteiger partial charge is 0.393 e. The summed E-state index contributed by atoms with van der Waals surface area (Å²) in [5.41, 5.74) is 5.66. The number of nitrogens with zero attached hydrogens (tertiary/aromatic N) is 4. The van der Waals surface area contributed by atoms with Crippen LogP contribution in [0.3, 0.4) is 0 Å². The third kappa shape index (κ3) is 3.12. The molecule has 1 aliphatic rings. The van der Waals surface area contributed by atoms with E-state index in [9.17, 15) is 14.9 Å². The van der Waals surface area contributed by atoms with E-state index in [4.69, 9.17) is 5.73 Å². The van der Waals surface area contributed by atoms with Gasteiger partial charge in [0.1, 0.15) is 11.5 Å². The Labute approximate surface area is 138 Å². The van der Waals surface area contributed by atoms with Crippen molar-refractivity contribution in [1.82, 2.24) is 9.88 Å². The fourth-order valence-electron chi connectivity index (χ4n) is 2.70. The predicted molar refractivity (Wildman–Crippen MR) is 89.9 cm³/mol. The van der Waals surface area contributed by atoms with Crippen molar-refractivity contribution in [2.45, 2.75) is 0 Å². The maximum atomic E-state index is 12.6. The summed E-state index contributed by atoms with van der Waals surface area (Å²) < 4.78 is 0. The van der Waals surface area contributed by atoms with Gasteiger partial charge in [-0.15, -0.1) is 0 Å². The van der Waals surface area contributed by atoms with E-state index in [1.54, 1.807) is 11.1 Å². The molecule has 0 atom stereocenters. The first-order valence-corrected chi connectivity index (χ1v) is 7.55. The van der Waals surface area contributed by atoms with Crippen LogP contribution in [0.5, 0.6) is 0 Å². The van der Waals surface area contributed by atoms with Gasteiger partial charge in [0.05, 0.1) is 4.92 Å². The lowest BCUT2D eigenvalue weighted by Crippen LogP contribution is -2.49. The summed E-state index contributed by atoms with van der Waals surface area (Å²) in [5, 5.41) is 11.0. The van der Waals surface area contributed by atoms with Crippen molar-refractivity contribution in [3.63, 3.8) is 0 Å². The number of aromatic nitrogens is 1. The van der Waals surface area contributed by atoms with Crippen LogP contribution in [0, 0.1) is 10.1 Å². The third-order valence-electron chi connectivity index (χ3n) is 4.01. The number of rotatable bonds is 3. The second-order valence-corrected chi connectivity index (χ2v) is 5.50. The van der Waals surface area contributed by atoms with Crippen molar-refractivity contribution in [1.29, 1.82) is 0 Å². The molecule has 1 aromatic carbocycles. The summed E-state index contributed by atoms with van der Waals surface area (Å²) in [6.07, 6.45) is 1.74. The molecule has 24 heavy (non-hydrogen) atoms. The van der Waals surface area contributed by atoms with E-state index in [0.717, 1.165) is 5.82 Å². The third-order valence-corrected chi connectivity index (χ3v) is 4.01. The van der Waals surface area contributed by atoms with Crippen molar-refractivity contribution in [2.24, 2.45) is 0 Å². The summed E-state index contributed by atoms with van der Waals surface area (Å²) in [7, 11) is 0. The highest BCUT2D eigenvalue weighted by Crippen LogP contribution is 2.23. The number of nitro groups is 1. The Morgan fingerprint density at radius 1 is 1.17 bits per heavy atom. The second-order valence-electron chi connectivity index (χ2n) is 5.50. The number of amides is 1. The standard InChI is InChI=1S/C16H17N5O3/c17-13-5-4-12(11-14(13)21(23)24)16(22)20-9-7-19(8-10-20)15-3-1-2-6-18-15/h1-6,11H,7-10,17H2. The molecule has 2 N–H and O–H groups in total. The fraction of sp³-hybridized carbons (Fsp3) is 0.250. The Hall–Kier alpha value is -3.16.